The molecule has 1 N–H and O–H groups in total. The van der Waals surface area contributed by atoms with E-state index in [1.54, 1.807) is 12.1 Å². The molecule has 3 rings (SSSR count). The highest BCUT2D eigenvalue weighted by Gasteiger charge is 2.30. The number of aliphatic hydroxyl groups excluding tert-OH is 1. The summed E-state index contributed by atoms with van der Waals surface area (Å²) >= 11 is 12.7. The fraction of sp³-hybridized carbons (Fsp3) is 0.286. The van der Waals surface area contributed by atoms with Crippen LogP contribution in [0.5, 0.6) is 0 Å². The van der Waals surface area contributed by atoms with Gasteiger partial charge in [0.05, 0.1) is 15.7 Å². The third kappa shape index (κ3) is 4.64. The van der Waals surface area contributed by atoms with E-state index < -0.39 is 11.6 Å². The van der Waals surface area contributed by atoms with Crippen molar-refractivity contribution in [3.63, 3.8) is 0 Å². The Labute approximate surface area is 171 Å². The Morgan fingerprint density at radius 3 is 2.54 bits per heavy atom. The number of halogens is 4. The Hall–Kier alpha value is -2.13. The number of hydrogen-bond acceptors (Lipinski definition) is 2. The van der Waals surface area contributed by atoms with Crippen LogP contribution < -0.4 is 4.90 Å². The minimum absolute atomic E-state index is 0.0151. The zero-order chi connectivity index (χ0) is 20.3. The monoisotopic (exact) mass is 423 g/mol. The lowest BCUT2D eigenvalue weighted by atomic mass is 9.90. The first-order valence-electron chi connectivity index (χ1n) is 8.72. The molecule has 0 saturated carbocycles. The zero-order valence-electron chi connectivity index (χ0n) is 14.8. The maximum atomic E-state index is 14.0. The second-order valence-corrected chi connectivity index (χ2v) is 7.41. The van der Waals surface area contributed by atoms with Crippen LogP contribution in [0.25, 0.3) is 0 Å². The highest BCUT2D eigenvalue weighted by molar-refractivity contribution is 6.40. The van der Waals surface area contributed by atoms with Crippen LogP contribution in [-0.2, 0) is 11.2 Å². The van der Waals surface area contributed by atoms with Crippen molar-refractivity contribution in [3.8, 4) is 11.8 Å². The van der Waals surface area contributed by atoms with Crippen LogP contribution in [-0.4, -0.2) is 24.2 Å². The minimum atomic E-state index is -0.621. The molecule has 1 amide bonds. The van der Waals surface area contributed by atoms with Crippen LogP contribution >= 0.6 is 23.2 Å². The van der Waals surface area contributed by atoms with Gasteiger partial charge in [-0.05, 0) is 42.5 Å². The topological polar surface area (TPSA) is 40.5 Å². The van der Waals surface area contributed by atoms with Crippen molar-refractivity contribution in [3.05, 3.63) is 63.1 Å². The molecule has 1 fully saturated rings. The quantitative estimate of drug-likeness (QED) is 0.732. The summed E-state index contributed by atoms with van der Waals surface area (Å²) < 4.78 is 27.1. The largest absolute Gasteiger partial charge is 0.384 e. The SMILES string of the molecule is O=C1CCC(Cc2ccc(F)cc2F)CN1c1c(Cl)cc(C#CCO)cc1Cl. The first-order chi connectivity index (χ1) is 13.4. The highest BCUT2D eigenvalue weighted by Crippen LogP contribution is 2.38. The van der Waals surface area contributed by atoms with Crippen LogP contribution in [0.4, 0.5) is 14.5 Å². The maximum Gasteiger partial charge on any atom is 0.227 e. The van der Waals surface area contributed by atoms with Crippen molar-refractivity contribution in [2.45, 2.75) is 19.3 Å². The van der Waals surface area contributed by atoms with Crippen molar-refractivity contribution < 1.29 is 18.7 Å². The van der Waals surface area contributed by atoms with E-state index in [2.05, 4.69) is 11.8 Å². The van der Waals surface area contributed by atoms with Crippen LogP contribution in [0.3, 0.4) is 0 Å². The van der Waals surface area contributed by atoms with Gasteiger partial charge in [-0.1, -0.05) is 41.1 Å². The number of rotatable bonds is 3. The lowest BCUT2D eigenvalue weighted by Gasteiger charge is -2.34. The van der Waals surface area contributed by atoms with Crippen molar-refractivity contribution in [1.82, 2.24) is 0 Å². The van der Waals surface area contributed by atoms with E-state index in [0.717, 1.165) is 6.07 Å². The summed E-state index contributed by atoms with van der Waals surface area (Å²) in [4.78, 5) is 14.0. The van der Waals surface area contributed by atoms with Gasteiger partial charge in [0.1, 0.15) is 18.2 Å². The molecule has 3 nitrogen and oxygen atoms in total. The molecule has 1 saturated heterocycles. The number of carbonyl (C=O) groups is 1. The molecule has 1 aliphatic heterocycles. The predicted molar refractivity (Wildman–Crippen MR) is 106 cm³/mol. The fourth-order valence-corrected chi connectivity index (χ4v) is 4.02. The Balaban J connectivity index is 1.84. The molecular weight excluding hydrogens is 407 g/mol. The standard InChI is InChI=1S/C21H17Cl2F2NO2/c22-17-9-13(2-1-7-27)10-18(23)21(17)26-12-14(3-6-20(26)28)8-15-4-5-16(24)11-19(15)25/h4-5,9-11,14,27H,3,6-8,12H2. The average Bonchev–Trinajstić information content (AvgIpc) is 2.64. The number of piperidine rings is 1. The summed E-state index contributed by atoms with van der Waals surface area (Å²) in [6, 6.07) is 6.69. The number of hydrogen-bond donors (Lipinski definition) is 1. The minimum Gasteiger partial charge on any atom is -0.384 e. The van der Waals surface area contributed by atoms with Gasteiger partial charge in [-0.15, -0.1) is 0 Å². The van der Waals surface area contributed by atoms with Gasteiger partial charge in [0.2, 0.25) is 5.91 Å². The van der Waals surface area contributed by atoms with E-state index >= 15 is 0 Å². The fourth-order valence-electron chi connectivity index (χ4n) is 3.33. The molecule has 1 heterocycles. The van der Waals surface area contributed by atoms with E-state index in [1.165, 1.54) is 17.0 Å². The molecule has 0 bridgehead atoms. The lowest BCUT2D eigenvalue weighted by Crippen LogP contribution is -2.41. The molecular formula is C21H17Cl2F2NO2. The predicted octanol–water partition coefficient (Wildman–Crippen LogP) is 4.60. The molecule has 28 heavy (non-hydrogen) atoms. The second kappa shape index (κ2) is 8.91. The Morgan fingerprint density at radius 2 is 1.89 bits per heavy atom. The first-order valence-corrected chi connectivity index (χ1v) is 9.47. The third-order valence-corrected chi connectivity index (χ3v) is 5.21. The molecule has 0 aliphatic carbocycles. The van der Waals surface area contributed by atoms with Gasteiger partial charge < -0.3 is 10.0 Å². The summed E-state index contributed by atoms with van der Waals surface area (Å²) in [6.45, 7) is 0.0416. The van der Waals surface area contributed by atoms with Crippen LogP contribution in [0.2, 0.25) is 10.0 Å². The summed E-state index contributed by atoms with van der Waals surface area (Å²) in [7, 11) is 0. The maximum absolute atomic E-state index is 14.0. The second-order valence-electron chi connectivity index (χ2n) is 6.60. The third-order valence-electron chi connectivity index (χ3n) is 4.63. The van der Waals surface area contributed by atoms with Crippen LogP contribution in [0.1, 0.15) is 24.0 Å². The average molecular weight is 424 g/mol. The van der Waals surface area contributed by atoms with Gasteiger partial charge in [-0.25, -0.2) is 8.78 Å². The van der Waals surface area contributed by atoms with Crippen molar-refractivity contribution in [2.24, 2.45) is 5.92 Å². The molecule has 2 aromatic rings. The van der Waals surface area contributed by atoms with Gasteiger partial charge in [-0.3, -0.25) is 4.79 Å². The number of anilines is 1. The first kappa shape index (κ1) is 20.6. The summed E-state index contributed by atoms with van der Waals surface area (Å²) in [5.74, 6) is 3.90. The summed E-state index contributed by atoms with van der Waals surface area (Å²) in [5.41, 5.74) is 1.34. The Bertz CT molecular complexity index is 946. The van der Waals surface area contributed by atoms with Crippen molar-refractivity contribution in [1.29, 1.82) is 0 Å². The summed E-state index contributed by atoms with van der Waals surface area (Å²) in [6.07, 6.45) is 1.26. The normalized spacial score (nSPS) is 16.7. The molecule has 1 aliphatic rings. The molecule has 2 aromatic carbocycles. The number of nitrogens with zero attached hydrogens (tertiary/aromatic N) is 1. The molecule has 0 spiro atoms. The summed E-state index contributed by atoms with van der Waals surface area (Å²) in [5, 5.41) is 9.35. The number of amides is 1. The number of benzene rings is 2. The zero-order valence-corrected chi connectivity index (χ0v) is 16.3. The molecule has 0 radical (unpaired) electrons. The lowest BCUT2D eigenvalue weighted by molar-refractivity contribution is -0.120. The van der Waals surface area contributed by atoms with E-state index in [-0.39, 0.29) is 34.9 Å². The van der Waals surface area contributed by atoms with Crippen molar-refractivity contribution >= 4 is 34.8 Å². The highest BCUT2D eigenvalue weighted by atomic mass is 35.5. The Kier molecular flexibility index (Phi) is 6.56. The van der Waals surface area contributed by atoms with Crippen LogP contribution in [0.15, 0.2) is 30.3 Å². The van der Waals surface area contributed by atoms with Gasteiger partial charge in [0, 0.05) is 24.6 Å². The smallest absolute Gasteiger partial charge is 0.227 e. The molecule has 0 aromatic heterocycles. The molecule has 146 valence electrons. The van der Waals surface area contributed by atoms with Gasteiger partial charge in [0.25, 0.3) is 0 Å². The molecule has 7 heteroatoms. The molecule has 1 unspecified atom stereocenters. The van der Waals surface area contributed by atoms with E-state index in [1.807, 2.05) is 0 Å². The van der Waals surface area contributed by atoms with E-state index in [4.69, 9.17) is 28.3 Å². The Morgan fingerprint density at radius 1 is 1.18 bits per heavy atom. The number of carbonyl (C=O) groups excluding carboxylic acids is 1. The van der Waals surface area contributed by atoms with E-state index in [0.29, 0.717) is 36.2 Å². The van der Waals surface area contributed by atoms with E-state index in [9.17, 15) is 13.6 Å². The van der Waals surface area contributed by atoms with Gasteiger partial charge >= 0.3 is 0 Å². The van der Waals surface area contributed by atoms with Gasteiger partial charge in [-0.2, -0.15) is 0 Å². The van der Waals surface area contributed by atoms with Crippen molar-refractivity contribution in [2.75, 3.05) is 18.1 Å². The van der Waals surface area contributed by atoms with Gasteiger partial charge in [0.15, 0.2) is 0 Å². The number of aliphatic hydroxyl groups is 1. The molecule has 1 atom stereocenters. The van der Waals surface area contributed by atoms with Crippen LogP contribution in [0, 0.1) is 29.4 Å².